The van der Waals surface area contributed by atoms with Crippen LogP contribution in [0.3, 0.4) is 0 Å². The summed E-state index contributed by atoms with van der Waals surface area (Å²) in [6, 6.07) is 5.73. The van der Waals surface area contributed by atoms with Crippen molar-refractivity contribution in [2.45, 2.75) is 12.2 Å². The molecule has 8 nitrogen and oxygen atoms in total. The first kappa shape index (κ1) is 17.5. The van der Waals surface area contributed by atoms with Gasteiger partial charge in [0, 0.05) is 24.8 Å². The third-order valence-corrected chi connectivity index (χ3v) is 3.89. The summed E-state index contributed by atoms with van der Waals surface area (Å²) >= 11 is 0. The average molecular weight is 318 g/mol. The molecule has 118 valence electrons. The lowest BCUT2D eigenvalue weighted by molar-refractivity contribution is -0.385. The van der Waals surface area contributed by atoms with Crippen molar-refractivity contribution >= 4 is 15.7 Å². The summed E-state index contributed by atoms with van der Waals surface area (Å²) in [5.74, 6) is -0.443. The number of para-hydroxylation sites is 1. The van der Waals surface area contributed by atoms with E-state index in [1.54, 1.807) is 6.07 Å². The van der Waals surface area contributed by atoms with E-state index in [4.69, 9.17) is 9.84 Å². The van der Waals surface area contributed by atoms with Crippen molar-refractivity contribution < 1.29 is 23.2 Å². The monoisotopic (exact) mass is 318 g/mol. The van der Waals surface area contributed by atoms with E-state index in [1.807, 2.05) is 0 Å². The van der Waals surface area contributed by atoms with Crippen LogP contribution in [0.15, 0.2) is 24.3 Å². The van der Waals surface area contributed by atoms with Gasteiger partial charge in [-0.2, -0.15) is 0 Å². The van der Waals surface area contributed by atoms with E-state index >= 15 is 0 Å². The number of nitrogens with one attached hydrogen (secondary N) is 1. The molecule has 0 unspecified atom stereocenters. The zero-order chi connectivity index (χ0) is 15.7. The average Bonchev–Trinajstić information content (AvgIpc) is 2.42. The minimum Gasteiger partial charge on any atom is -0.394 e. The second-order valence-corrected chi connectivity index (χ2v) is 6.04. The zero-order valence-electron chi connectivity index (χ0n) is 11.4. The molecule has 0 atom stereocenters. The number of aliphatic hydroxyl groups excluding tert-OH is 1. The summed E-state index contributed by atoms with van der Waals surface area (Å²) in [5.41, 5.74) is -0.0688. The van der Waals surface area contributed by atoms with Crippen molar-refractivity contribution in [3.8, 4) is 0 Å². The van der Waals surface area contributed by atoms with Crippen molar-refractivity contribution in [2.75, 3.05) is 26.4 Å². The van der Waals surface area contributed by atoms with Crippen LogP contribution < -0.4 is 4.72 Å². The van der Waals surface area contributed by atoms with Crippen molar-refractivity contribution in [3.05, 3.63) is 39.9 Å². The van der Waals surface area contributed by atoms with Crippen LogP contribution in [0.4, 0.5) is 5.69 Å². The highest BCUT2D eigenvalue weighted by Gasteiger charge is 2.19. The highest BCUT2D eigenvalue weighted by Crippen LogP contribution is 2.19. The molecule has 0 fully saturated rings. The molecular weight excluding hydrogens is 300 g/mol. The molecule has 0 spiro atoms. The Labute approximate surface area is 122 Å². The maximum absolute atomic E-state index is 11.8. The number of nitro benzene ring substituents is 1. The minimum atomic E-state index is -3.64. The van der Waals surface area contributed by atoms with Gasteiger partial charge in [-0.05, 0) is 6.42 Å². The van der Waals surface area contributed by atoms with Gasteiger partial charge in [0.25, 0.3) is 5.69 Å². The predicted octanol–water partition coefficient (Wildman–Crippen LogP) is 0.413. The minimum absolute atomic E-state index is 0.0800. The molecular formula is C12H18N2O6S. The number of hydrogen-bond acceptors (Lipinski definition) is 6. The summed E-state index contributed by atoms with van der Waals surface area (Å²) in [7, 11) is -3.64. The van der Waals surface area contributed by atoms with Crippen LogP contribution in [-0.4, -0.2) is 44.8 Å². The second kappa shape index (κ2) is 8.67. The maximum Gasteiger partial charge on any atom is 0.273 e. The maximum atomic E-state index is 11.8. The Morgan fingerprint density at radius 1 is 1.29 bits per heavy atom. The van der Waals surface area contributed by atoms with Crippen LogP contribution in [0, 0.1) is 10.1 Å². The van der Waals surface area contributed by atoms with Crippen molar-refractivity contribution in [3.63, 3.8) is 0 Å². The summed E-state index contributed by atoms with van der Waals surface area (Å²) in [6.07, 6.45) is 0.454. The summed E-state index contributed by atoms with van der Waals surface area (Å²) < 4.78 is 31.0. The third kappa shape index (κ3) is 6.63. The Hall–Kier alpha value is -1.55. The summed E-state index contributed by atoms with van der Waals surface area (Å²) in [6.45, 7) is 0.634. The molecule has 0 aliphatic carbocycles. The number of benzene rings is 1. The molecule has 1 rings (SSSR count). The Kier molecular flexibility index (Phi) is 7.23. The molecule has 2 N–H and O–H groups in total. The first-order chi connectivity index (χ1) is 9.96. The zero-order valence-corrected chi connectivity index (χ0v) is 12.2. The molecule has 0 aromatic heterocycles. The van der Waals surface area contributed by atoms with Gasteiger partial charge in [0.15, 0.2) is 0 Å². The van der Waals surface area contributed by atoms with Crippen LogP contribution in [0.1, 0.15) is 12.0 Å². The quantitative estimate of drug-likeness (QED) is 0.366. The van der Waals surface area contributed by atoms with Crippen LogP contribution in [0.2, 0.25) is 0 Å². The molecule has 9 heteroatoms. The fourth-order valence-corrected chi connectivity index (χ4v) is 2.85. The Balaban J connectivity index is 2.51. The van der Waals surface area contributed by atoms with Gasteiger partial charge < -0.3 is 9.84 Å². The fraction of sp³-hybridized carbons (Fsp3) is 0.500. The molecule has 0 heterocycles. The first-order valence-electron chi connectivity index (χ1n) is 6.34. The predicted molar refractivity (Wildman–Crippen MR) is 76.2 cm³/mol. The second-order valence-electron chi connectivity index (χ2n) is 4.23. The van der Waals surface area contributed by atoms with Crippen LogP contribution in [0.5, 0.6) is 0 Å². The number of ether oxygens (including phenoxy) is 1. The lowest BCUT2D eigenvalue weighted by atomic mass is 10.2. The highest BCUT2D eigenvalue weighted by molar-refractivity contribution is 7.88. The van der Waals surface area contributed by atoms with E-state index in [1.165, 1.54) is 18.2 Å². The molecule has 0 saturated heterocycles. The van der Waals surface area contributed by atoms with Gasteiger partial charge in [0.05, 0.1) is 23.9 Å². The molecule has 1 aromatic rings. The lowest BCUT2D eigenvalue weighted by Gasteiger charge is -2.07. The molecule has 1 aromatic carbocycles. The van der Waals surface area contributed by atoms with Gasteiger partial charge in [0.1, 0.15) is 0 Å². The molecule has 0 bridgehead atoms. The van der Waals surface area contributed by atoms with Gasteiger partial charge in [-0.15, -0.1) is 0 Å². The van der Waals surface area contributed by atoms with Crippen molar-refractivity contribution in [1.29, 1.82) is 0 Å². The molecule has 21 heavy (non-hydrogen) atoms. The number of sulfonamides is 1. The van der Waals surface area contributed by atoms with E-state index in [2.05, 4.69) is 4.72 Å². The molecule has 0 radical (unpaired) electrons. The summed E-state index contributed by atoms with van der Waals surface area (Å²) in [5, 5.41) is 19.3. The molecule has 0 aliphatic heterocycles. The lowest BCUT2D eigenvalue weighted by Crippen LogP contribution is -2.27. The number of nitro groups is 1. The number of nitrogens with zero attached hydrogens (tertiary/aromatic N) is 1. The standard InChI is InChI=1S/C12H18N2O6S/c15-7-9-20-8-3-6-13-21(18,19)10-11-4-1-2-5-12(11)14(16)17/h1-2,4-5,13,15H,3,6-10H2. The number of hydrogen-bond donors (Lipinski definition) is 2. The fourth-order valence-electron chi connectivity index (χ4n) is 1.64. The van der Waals surface area contributed by atoms with Gasteiger partial charge in [-0.1, -0.05) is 18.2 Å². The SMILES string of the molecule is O=[N+]([O-])c1ccccc1CS(=O)(=O)NCCCOCCO. The van der Waals surface area contributed by atoms with Gasteiger partial charge in [0.2, 0.25) is 10.0 Å². The Bertz CT molecular complexity index is 561. The van der Waals surface area contributed by atoms with E-state index in [9.17, 15) is 18.5 Å². The van der Waals surface area contributed by atoms with Gasteiger partial charge in [-0.3, -0.25) is 10.1 Å². The Morgan fingerprint density at radius 3 is 2.67 bits per heavy atom. The topological polar surface area (TPSA) is 119 Å². The third-order valence-electron chi connectivity index (χ3n) is 2.56. The largest absolute Gasteiger partial charge is 0.394 e. The molecule has 0 saturated carbocycles. The smallest absolute Gasteiger partial charge is 0.273 e. The normalized spacial score (nSPS) is 11.5. The Morgan fingerprint density at radius 2 is 2.00 bits per heavy atom. The van der Waals surface area contributed by atoms with Crippen molar-refractivity contribution in [1.82, 2.24) is 4.72 Å². The van der Waals surface area contributed by atoms with Crippen molar-refractivity contribution in [2.24, 2.45) is 0 Å². The number of rotatable bonds is 10. The van der Waals surface area contributed by atoms with E-state index in [0.717, 1.165) is 0 Å². The van der Waals surface area contributed by atoms with E-state index < -0.39 is 20.7 Å². The summed E-state index contributed by atoms with van der Waals surface area (Å²) in [4.78, 5) is 10.2. The molecule has 0 aliphatic rings. The van der Waals surface area contributed by atoms with E-state index in [-0.39, 0.29) is 31.0 Å². The highest BCUT2D eigenvalue weighted by atomic mass is 32.2. The molecule has 0 amide bonds. The van der Waals surface area contributed by atoms with Crippen LogP contribution >= 0.6 is 0 Å². The van der Waals surface area contributed by atoms with Gasteiger partial charge in [-0.25, -0.2) is 13.1 Å². The van der Waals surface area contributed by atoms with Crippen LogP contribution in [-0.2, 0) is 20.5 Å². The van der Waals surface area contributed by atoms with E-state index in [0.29, 0.717) is 13.0 Å². The van der Waals surface area contributed by atoms with Crippen LogP contribution in [0.25, 0.3) is 0 Å². The van der Waals surface area contributed by atoms with Gasteiger partial charge >= 0.3 is 0 Å². The first-order valence-corrected chi connectivity index (χ1v) is 8.00. The number of aliphatic hydroxyl groups is 1.